The molecule has 0 saturated carbocycles. The highest BCUT2D eigenvalue weighted by Crippen LogP contribution is 2.48. The molecule has 0 radical (unpaired) electrons. The highest BCUT2D eigenvalue weighted by molar-refractivity contribution is 6.37. The van der Waals surface area contributed by atoms with Crippen molar-refractivity contribution in [2.75, 3.05) is 0 Å². The Labute approximate surface area is 334 Å². The Balaban J connectivity index is 1.15. The van der Waals surface area contributed by atoms with Crippen molar-refractivity contribution in [3.63, 3.8) is 0 Å². The van der Waals surface area contributed by atoms with Crippen LogP contribution in [0.4, 0.5) is 0 Å². The maximum Gasteiger partial charge on any atom is 0.111 e. The summed E-state index contributed by atoms with van der Waals surface area (Å²) in [4.78, 5) is 5.10. The Hall–Kier alpha value is -7.55. The average molecular weight is 735 g/mol. The third-order valence-corrected chi connectivity index (χ3v) is 12.8. The summed E-state index contributed by atoms with van der Waals surface area (Å²) in [5.74, 6) is 0.977. The molecule has 2 nitrogen and oxygen atoms in total. The van der Waals surface area contributed by atoms with Crippen molar-refractivity contribution < 1.29 is 0 Å². The summed E-state index contributed by atoms with van der Waals surface area (Å²) in [5, 5.41) is 20.5. The second-order valence-electron chi connectivity index (χ2n) is 15.8. The number of nitrogens with zero attached hydrogens (tertiary/aromatic N) is 2. The molecule has 0 spiro atoms. The van der Waals surface area contributed by atoms with Crippen LogP contribution in [0.1, 0.15) is 5.82 Å². The van der Waals surface area contributed by atoms with E-state index < -0.39 is 0 Å². The van der Waals surface area contributed by atoms with Crippen LogP contribution in [0.3, 0.4) is 0 Å². The molecule has 0 atom stereocenters. The average Bonchev–Trinajstić information content (AvgIpc) is 3.61. The molecule has 58 heavy (non-hydrogen) atoms. The lowest BCUT2D eigenvalue weighted by Gasteiger charge is -2.20. The van der Waals surface area contributed by atoms with Crippen LogP contribution in [0.2, 0.25) is 0 Å². The van der Waals surface area contributed by atoms with E-state index in [-0.39, 0.29) is 0 Å². The van der Waals surface area contributed by atoms with Gasteiger partial charge in [-0.1, -0.05) is 152 Å². The number of fused-ring (bicyclic) bond motifs is 5. The minimum absolute atomic E-state index is 0.977. The Morgan fingerprint density at radius 3 is 1.38 bits per heavy atom. The third-order valence-electron chi connectivity index (χ3n) is 12.8. The van der Waals surface area contributed by atoms with E-state index in [1.54, 1.807) is 0 Å². The molecular weight excluding hydrogens is 701 g/mol. The monoisotopic (exact) mass is 734 g/mol. The van der Waals surface area contributed by atoms with Crippen molar-refractivity contribution >= 4 is 97.2 Å². The number of hydrogen-bond donors (Lipinski definition) is 0. The second kappa shape index (κ2) is 11.7. The summed E-state index contributed by atoms with van der Waals surface area (Å²) < 4.78 is 2.25. The summed E-state index contributed by atoms with van der Waals surface area (Å²) in [6, 6.07) is 70.0. The molecule has 13 rings (SSSR count). The zero-order valence-corrected chi connectivity index (χ0v) is 31.8. The van der Waals surface area contributed by atoms with Gasteiger partial charge in [0.05, 0.1) is 11.0 Å². The topological polar surface area (TPSA) is 17.8 Å². The molecule has 268 valence electrons. The van der Waals surface area contributed by atoms with Crippen LogP contribution in [0.5, 0.6) is 0 Å². The normalized spacial score (nSPS) is 12.2. The van der Waals surface area contributed by atoms with Crippen molar-refractivity contribution in [1.82, 2.24) is 9.55 Å². The first-order valence-corrected chi connectivity index (χ1v) is 20.1. The molecule has 2 heteroatoms. The zero-order valence-electron chi connectivity index (χ0n) is 31.8. The standard InChI is InChI=1S/C56H34N2/c1-33-57-49-32-38(28-29-50(49)58(33)40-15-3-2-4-16-40)51-41-17-5-7-19-43(41)52(44-20-8-6-18-42(44)51)39-30-37-27-26-36-13-10-22-46-45-21-9-12-34-24-25-35-14-11-23-47(55(35)53(34)45)48(31-39)56(37)54(36)46/h2-32H,1H3. The fourth-order valence-electron chi connectivity index (χ4n) is 10.4. The van der Waals surface area contributed by atoms with Crippen LogP contribution >= 0.6 is 0 Å². The third kappa shape index (κ3) is 4.29. The SMILES string of the molecule is Cc1nc2cc(-c3c4ccccc4c(-c4cc5ccc6cccc7c8cccc9ccc%10cccc(c(c4)c5c67)c%10c98)c4ccccc34)ccc2n1-c1ccccc1. The maximum absolute atomic E-state index is 5.10. The van der Waals surface area contributed by atoms with Crippen LogP contribution in [0.15, 0.2) is 188 Å². The Morgan fingerprint density at radius 2 is 0.810 bits per heavy atom. The fourth-order valence-corrected chi connectivity index (χ4v) is 10.4. The van der Waals surface area contributed by atoms with Crippen LogP contribution in [-0.4, -0.2) is 9.55 Å². The van der Waals surface area contributed by atoms with Crippen molar-refractivity contribution in [3.8, 4) is 27.9 Å². The highest BCUT2D eigenvalue weighted by atomic mass is 15.1. The molecule has 0 amide bonds. The van der Waals surface area contributed by atoms with Crippen LogP contribution in [0, 0.1) is 6.92 Å². The van der Waals surface area contributed by atoms with Crippen molar-refractivity contribution in [2.24, 2.45) is 0 Å². The number of rotatable bonds is 3. The predicted octanol–water partition coefficient (Wildman–Crippen LogP) is 15.3. The van der Waals surface area contributed by atoms with E-state index in [4.69, 9.17) is 4.98 Å². The molecule has 13 aromatic rings. The van der Waals surface area contributed by atoms with E-state index in [0.29, 0.717) is 0 Å². The van der Waals surface area contributed by atoms with Crippen molar-refractivity contribution in [2.45, 2.75) is 6.92 Å². The minimum atomic E-state index is 0.977. The van der Waals surface area contributed by atoms with Gasteiger partial charge in [-0.3, -0.25) is 4.57 Å². The van der Waals surface area contributed by atoms with Gasteiger partial charge in [0.15, 0.2) is 0 Å². The summed E-state index contributed by atoms with van der Waals surface area (Å²) >= 11 is 0. The Kier molecular flexibility index (Phi) is 6.40. The summed E-state index contributed by atoms with van der Waals surface area (Å²) in [6.07, 6.45) is 0. The number of aromatic nitrogens is 2. The lowest BCUT2D eigenvalue weighted by molar-refractivity contribution is 1.00. The van der Waals surface area contributed by atoms with E-state index in [0.717, 1.165) is 22.5 Å². The van der Waals surface area contributed by atoms with Gasteiger partial charge in [0.2, 0.25) is 0 Å². The van der Waals surface area contributed by atoms with E-state index in [2.05, 4.69) is 200 Å². The van der Waals surface area contributed by atoms with Gasteiger partial charge < -0.3 is 0 Å². The second-order valence-corrected chi connectivity index (χ2v) is 15.8. The summed E-state index contributed by atoms with van der Waals surface area (Å²) in [6.45, 7) is 2.09. The van der Waals surface area contributed by atoms with Crippen LogP contribution in [0.25, 0.3) is 125 Å². The number of imidazole rings is 1. The molecule has 0 unspecified atom stereocenters. The lowest BCUT2D eigenvalue weighted by Crippen LogP contribution is -1.96. The van der Waals surface area contributed by atoms with Gasteiger partial charge in [0.1, 0.15) is 5.82 Å². The number of benzene rings is 11. The molecular formula is C56H34N2. The molecule has 0 bridgehead atoms. The van der Waals surface area contributed by atoms with Gasteiger partial charge >= 0.3 is 0 Å². The molecule has 1 aromatic heterocycles. The fraction of sp³-hybridized carbons (Fsp3) is 0.0179. The first-order valence-electron chi connectivity index (χ1n) is 20.1. The smallest absolute Gasteiger partial charge is 0.111 e. The largest absolute Gasteiger partial charge is 0.297 e. The first-order chi connectivity index (χ1) is 28.7. The molecule has 1 heterocycles. The minimum Gasteiger partial charge on any atom is -0.297 e. The number of para-hydroxylation sites is 1. The molecule has 0 aliphatic heterocycles. The summed E-state index contributed by atoms with van der Waals surface area (Å²) in [7, 11) is 0. The van der Waals surface area contributed by atoms with Gasteiger partial charge in [-0.15, -0.1) is 0 Å². The van der Waals surface area contributed by atoms with Gasteiger partial charge in [0, 0.05) is 5.69 Å². The quantitative estimate of drug-likeness (QED) is 0.131. The van der Waals surface area contributed by atoms with Gasteiger partial charge in [-0.05, 0) is 152 Å². The van der Waals surface area contributed by atoms with Gasteiger partial charge in [-0.2, -0.15) is 0 Å². The molecule has 0 aliphatic carbocycles. The predicted molar refractivity (Wildman–Crippen MR) is 248 cm³/mol. The Morgan fingerprint density at radius 1 is 0.345 bits per heavy atom. The zero-order chi connectivity index (χ0) is 38.1. The molecule has 12 aromatic carbocycles. The number of hydrogen-bond acceptors (Lipinski definition) is 1. The van der Waals surface area contributed by atoms with E-state index in [1.807, 2.05) is 0 Å². The maximum atomic E-state index is 5.10. The molecule has 0 fully saturated rings. The lowest BCUT2D eigenvalue weighted by atomic mass is 9.83. The van der Waals surface area contributed by atoms with E-state index >= 15 is 0 Å². The number of aryl methyl sites for hydroxylation is 1. The van der Waals surface area contributed by atoms with E-state index in [1.165, 1.54) is 108 Å². The van der Waals surface area contributed by atoms with Crippen molar-refractivity contribution in [3.05, 3.63) is 194 Å². The first kappa shape index (κ1) is 31.6. The van der Waals surface area contributed by atoms with Crippen LogP contribution < -0.4 is 0 Å². The van der Waals surface area contributed by atoms with Crippen LogP contribution in [-0.2, 0) is 0 Å². The van der Waals surface area contributed by atoms with Gasteiger partial charge in [-0.25, -0.2) is 4.98 Å². The molecule has 0 saturated heterocycles. The van der Waals surface area contributed by atoms with Crippen molar-refractivity contribution in [1.29, 1.82) is 0 Å². The Bertz CT molecular complexity index is 3790. The molecule has 0 aliphatic rings. The highest BCUT2D eigenvalue weighted by Gasteiger charge is 2.21. The molecule has 0 N–H and O–H groups in total. The van der Waals surface area contributed by atoms with E-state index in [9.17, 15) is 0 Å². The van der Waals surface area contributed by atoms with Gasteiger partial charge in [0.25, 0.3) is 0 Å². The summed E-state index contributed by atoms with van der Waals surface area (Å²) in [5.41, 5.74) is 8.12.